The Morgan fingerprint density at radius 3 is 2.06 bits per heavy atom. The number of pyridine rings is 2. The first-order valence-corrected chi connectivity index (χ1v) is 18.0. The maximum Gasteiger partial charge on any atom is 0.261 e. The molecule has 1 saturated heterocycles. The Kier molecular flexibility index (Phi) is 11.8. The van der Waals surface area contributed by atoms with E-state index in [4.69, 9.17) is 18.9 Å². The maximum absolute atomic E-state index is 14.5. The molecule has 2 aromatic heterocycles. The predicted octanol–water partition coefficient (Wildman–Crippen LogP) is 6.40. The van der Waals surface area contributed by atoms with E-state index in [-0.39, 0.29) is 55.2 Å². The number of carbonyl (C=O) groups is 1. The third kappa shape index (κ3) is 8.70. The second-order valence-corrected chi connectivity index (χ2v) is 14.3. The van der Waals surface area contributed by atoms with E-state index in [2.05, 4.69) is 15.3 Å². The topological polar surface area (TPSA) is 132 Å². The molecule has 0 radical (unpaired) electrons. The second-order valence-electron chi connectivity index (χ2n) is 12.4. The van der Waals surface area contributed by atoms with Crippen molar-refractivity contribution in [3.63, 3.8) is 0 Å². The van der Waals surface area contributed by atoms with Gasteiger partial charge in [0.15, 0.2) is 5.03 Å². The Hall–Kier alpha value is -5.02. The number of anilines is 2. The van der Waals surface area contributed by atoms with Gasteiger partial charge in [-0.2, -0.15) is 4.31 Å². The van der Waals surface area contributed by atoms with E-state index in [9.17, 15) is 22.0 Å². The minimum atomic E-state index is -4.35. The number of sulfonamides is 1. The molecule has 15 heteroatoms. The minimum absolute atomic E-state index is 0.0359. The van der Waals surface area contributed by atoms with Crippen molar-refractivity contribution < 1.29 is 40.9 Å². The first kappa shape index (κ1) is 38.2. The summed E-state index contributed by atoms with van der Waals surface area (Å²) in [5.41, 5.74) is 2.88. The Balaban J connectivity index is 1.49. The molecule has 52 heavy (non-hydrogen) atoms. The number of carbonyl (C=O) groups excluding carboxylic acids is 1. The van der Waals surface area contributed by atoms with Crippen molar-refractivity contribution in [3.8, 4) is 23.0 Å². The summed E-state index contributed by atoms with van der Waals surface area (Å²) in [5.74, 6) is -1.16. The molecule has 0 atom stereocenters. The van der Waals surface area contributed by atoms with Gasteiger partial charge < -0.3 is 29.2 Å². The van der Waals surface area contributed by atoms with Crippen molar-refractivity contribution in [2.45, 2.75) is 57.1 Å². The van der Waals surface area contributed by atoms with Crippen molar-refractivity contribution in [1.29, 1.82) is 0 Å². The third-order valence-corrected chi connectivity index (χ3v) is 10.7. The van der Waals surface area contributed by atoms with Gasteiger partial charge in [-0.1, -0.05) is 12.1 Å². The number of aromatic nitrogens is 2. The lowest BCUT2D eigenvalue weighted by Crippen LogP contribution is -2.31. The average Bonchev–Trinajstić information content (AvgIpc) is 3.32. The van der Waals surface area contributed by atoms with Crippen LogP contribution in [0.2, 0.25) is 0 Å². The molecule has 1 N–H and O–H groups in total. The third-order valence-electron chi connectivity index (χ3n) is 8.99. The van der Waals surface area contributed by atoms with Crippen molar-refractivity contribution in [2.24, 2.45) is 0 Å². The predicted molar refractivity (Wildman–Crippen MR) is 192 cm³/mol. The Bertz CT molecular complexity index is 1970. The lowest BCUT2D eigenvalue weighted by Gasteiger charge is -2.25. The van der Waals surface area contributed by atoms with Gasteiger partial charge in [0.1, 0.15) is 28.8 Å². The zero-order valence-electron chi connectivity index (χ0n) is 30.0. The zero-order valence-corrected chi connectivity index (χ0v) is 30.9. The van der Waals surface area contributed by atoms with Gasteiger partial charge in [-0.3, -0.25) is 4.79 Å². The number of alkyl halides is 2. The molecule has 5 rings (SSSR count). The maximum atomic E-state index is 14.5. The van der Waals surface area contributed by atoms with E-state index in [0.717, 1.165) is 5.56 Å². The normalized spacial score (nSPS) is 14.4. The lowest BCUT2D eigenvalue weighted by molar-refractivity contribution is -0.0102. The van der Waals surface area contributed by atoms with E-state index in [0.29, 0.717) is 52.2 Å². The summed E-state index contributed by atoms with van der Waals surface area (Å²) in [6, 6.07) is 14.6. The summed E-state index contributed by atoms with van der Waals surface area (Å²) in [4.78, 5) is 24.4. The fourth-order valence-electron chi connectivity index (χ4n) is 5.91. The zero-order chi connectivity index (χ0) is 37.6. The van der Waals surface area contributed by atoms with Crippen LogP contribution in [0.5, 0.6) is 23.0 Å². The molecular weight excluding hydrogens is 696 g/mol. The molecular formula is C37H43F2N5O7S. The van der Waals surface area contributed by atoms with Crippen LogP contribution in [0.4, 0.5) is 20.3 Å². The molecule has 278 valence electrons. The Labute approximate surface area is 302 Å². The number of methoxy groups -OCH3 is 4. The van der Waals surface area contributed by atoms with Crippen LogP contribution in [-0.4, -0.2) is 76.0 Å². The van der Waals surface area contributed by atoms with E-state index >= 15 is 0 Å². The van der Waals surface area contributed by atoms with Crippen molar-refractivity contribution in [3.05, 3.63) is 88.7 Å². The summed E-state index contributed by atoms with van der Waals surface area (Å²) in [6.07, 6.45) is 0.946. The minimum Gasteiger partial charge on any atom is -0.497 e. The molecule has 1 aliphatic heterocycles. The molecule has 0 unspecified atom stereocenters. The van der Waals surface area contributed by atoms with Crippen LogP contribution >= 0.6 is 0 Å². The SMILES string of the molecule is COc1ccc(CN(Cc2ccc(OC)cc2OC)S(=O)(=O)c2cc(NC(=O)c3cc(C)c(C)nc3N3CCCC(F)(F)CC3)ccn2)c(OC)c1. The molecule has 12 nitrogen and oxygen atoms in total. The number of ether oxygens (including phenoxy) is 4. The fraction of sp³-hybridized carbons (Fsp3) is 0.378. The summed E-state index contributed by atoms with van der Waals surface area (Å²) in [6.45, 7) is 3.72. The van der Waals surface area contributed by atoms with Crippen LogP contribution in [0.25, 0.3) is 0 Å². The van der Waals surface area contributed by atoms with Gasteiger partial charge in [-0.05, 0) is 50.1 Å². The first-order chi connectivity index (χ1) is 24.8. The number of aryl methyl sites for hydroxylation is 2. The van der Waals surface area contributed by atoms with Crippen LogP contribution in [0.1, 0.15) is 52.0 Å². The number of amides is 1. The number of hydrogen-bond acceptors (Lipinski definition) is 10. The molecule has 0 spiro atoms. The highest BCUT2D eigenvalue weighted by molar-refractivity contribution is 7.89. The van der Waals surface area contributed by atoms with Gasteiger partial charge in [-0.25, -0.2) is 27.2 Å². The molecule has 1 aliphatic rings. The lowest BCUT2D eigenvalue weighted by atomic mass is 10.1. The highest BCUT2D eigenvalue weighted by Crippen LogP contribution is 2.34. The van der Waals surface area contributed by atoms with E-state index in [1.165, 1.54) is 51.1 Å². The van der Waals surface area contributed by atoms with Gasteiger partial charge in [0.2, 0.25) is 5.92 Å². The molecule has 1 amide bonds. The van der Waals surface area contributed by atoms with Crippen LogP contribution in [0.15, 0.2) is 65.8 Å². The second kappa shape index (κ2) is 16.1. The quantitative estimate of drug-likeness (QED) is 0.164. The number of benzene rings is 2. The Morgan fingerprint density at radius 2 is 1.48 bits per heavy atom. The standard InChI is InChI=1S/C37H43F2N5O7S/c1-24-18-31(35(41-25(24)2)43-16-7-13-37(38,39)14-17-43)36(45)42-28-12-15-40-34(19-28)52(46,47)44(22-26-8-10-29(48-3)20-32(26)50-5)23-27-9-11-30(49-4)21-33(27)51-6/h8-12,15,18-21H,7,13-14,16-17,22-23H2,1-6H3,(H,40,42,45). The van der Waals surface area contributed by atoms with Crippen molar-refractivity contribution in [1.82, 2.24) is 14.3 Å². The number of halogens is 2. The smallest absolute Gasteiger partial charge is 0.261 e. The number of nitrogens with zero attached hydrogens (tertiary/aromatic N) is 4. The van der Waals surface area contributed by atoms with Gasteiger partial charge >= 0.3 is 0 Å². The van der Waals surface area contributed by atoms with Crippen LogP contribution in [-0.2, 0) is 23.1 Å². The molecule has 4 aromatic rings. The molecule has 2 aromatic carbocycles. The first-order valence-electron chi connectivity index (χ1n) is 16.6. The fourth-order valence-corrected chi connectivity index (χ4v) is 7.26. The van der Waals surface area contributed by atoms with Gasteiger partial charge in [0.05, 0.1) is 34.0 Å². The van der Waals surface area contributed by atoms with Gasteiger partial charge in [0, 0.05) is 85.9 Å². The molecule has 1 fully saturated rings. The number of hydrogen-bond donors (Lipinski definition) is 1. The van der Waals surface area contributed by atoms with Crippen LogP contribution < -0.4 is 29.2 Å². The summed E-state index contributed by atoms with van der Waals surface area (Å²) in [5, 5.41) is 2.46. The van der Waals surface area contributed by atoms with Gasteiger partial charge in [0.25, 0.3) is 15.9 Å². The summed E-state index contributed by atoms with van der Waals surface area (Å²) >= 11 is 0. The highest BCUT2D eigenvalue weighted by atomic mass is 32.2. The number of rotatable bonds is 13. The summed E-state index contributed by atoms with van der Waals surface area (Å²) < 4.78 is 80.4. The van der Waals surface area contributed by atoms with E-state index < -0.39 is 21.9 Å². The largest absolute Gasteiger partial charge is 0.497 e. The van der Waals surface area contributed by atoms with E-state index in [1.54, 1.807) is 61.2 Å². The molecule has 0 aliphatic carbocycles. The van der Waals surface area contributed by atoms with Crippen LogP contribution in [0, 0.1) is 13.8 Å². The molecule has 0 saturated carbocycles. The Morgan fingerprint density at radius 1 is 0.865 bits per heavy atom. The highest BCUT2D eigenvalue weighted by Gasteiger charge is 2.34. The van der Waals surface area contributed by atoms with E-state index in [1.807, 2.05) is 0 Å². The van der Waals surface area contributed by atoms with Crippen LogP contribution in [0.3, 0.4) is 0 Å². The van der Waals surface area contributed by atoms with Crippen molar-refractivity contribution >= 4 is 27.4 Å². The monoisotopic (exact) mass is 739 g/mol. The molecule has 0 bridgehead atoms. The van der Waals surface area contributed by atoms with Crippen molar-refractivity contribution in [2.75, 3.05) is 51.7 Å². The summed E-state index contributed by atoms with van der Waals surface area (Å²) in [7, 11) is 1.66. The van der Waals surface area contributed by atoms with Gasteiger partial charge in [-0.15, -0.1) is 0 Å². The molecule has 3 heterocycles. The number of nitrogens with one attached hydrogen (secondary N) is 1. The average molecular weight is 740 g/mol.